The second-order valence-electron chi connectivity index (χ2n) is 4.74. The van der Waals surface area contributed by atoms with Crippen LogP contribution in [0.5, 0.6) is 5.75 Å². The summed E-state index contributed by atoms with van der Waals surface area (Å²) in [5, 5.41) is 5.48. The van der Waals surface area contributed by atoms with E-state index in [1.807, 2.05) is 0 Å². The third-order valence-electron chi connectivity index (χ3n) is 2.90. The van der Waals surface area contributed by atoms with Crippen LogP contribution in [0.1, 0.15) is 32.6 Å². The molecular formula is C15H23N3O3. The van der Waals surface area contributed by atoms with Gasteiger partial charge in [0.25, 0.3) is 0 Å². The molecule has 0 aliphatic heterocycles. The predicted octanol–water partition coefficient (Wildman–Crippen LogP) is 2.11. The minimum absolute atomic E-state index is 0.0784. The monoisotopic (exact) mass is 293 g/mol. The Morgan fingerprint density at radius 1 is 1.19 bits per heavy atom. The molecule has 0 bridgehead atoms. The zero-order chi connectivity index (χ0) is 15.7. The number of ether oxygens (including phenoxy) is 1. The first-order valence-electron chi connectivity index (χ1n) is 7.02. The molecule has 0 atom stereocenters. The lowest BCUT2D eigenvalue weighted by Crippen LogP contribution is -2.13. The summed E-state index contributed by atoms with van der Waals surface area (Å²) in [5.41, 5.74) is 6.57. The van der Waals surface area contributed by atoms with Crippen LogP contribution >= 0.6 is 0 Å². The number of amides is 2. The second-order valence-corrected chi connectivity index (χ2v) is 4.74. The standard InChI is InChI=1S/C15H23N3O3/c1-11(19)17-12-7-8-14(21-2)13(10-12)18-15(20)6-4-3-5-9-16/h7-8,10H,3-6,9,16H2,1-2H3,(H,17,19)(H,18,20). The first-order valence-corrected chi connectivity index (χ1v) is 7.02. The predicted molar refractivity (Wildman–Crippen MR) is 83.4 cm³/mol. The maximum Gasteiger partial charge on any atom is 0.224 e. The van der Waals surface area contributed by atoms with E-state index in [9.17, 15) is 9.59 Å². The molecule has 1 aromatic carbocycles. The molecule has 0 aliphatic rings. The summed E-state index contributed by atoms with van der Waals surface area (Å²) in [6.07, 6.45) is 3.10. The van der Waals surface area contributed by atoms with Crippen LogP contribution in [0, 0.1) is 0 Å². The highest BCUT2D eigenvalue weighted by atomic mass is 16.5. The minimum Gasteiger partial charge on any atom is -0.495 e. The maximum absolute atomic E-state index is 11.9. The van der Waals surface area contributed by atoms with Gasteiger partial charge < -0.3 is 21.1 Å². The number of carbonyl (C=O) groups excluding carboxylic acids is 2. The van der Waals surface area contributed by atoms with Gasteiger partial charge in [-0.25, -0.2) is 0 Å². The van der Waals surface area contributed by atoms with Gasteiger partial charge in [0, 0.05) is 19.0 Å². The number of hydrogen-bond acceptors (Lipinski definition) is 4. The van der Waals surface area contributed by atoms with Crippen molar-refractivity contribution >= 4 is 23.2 Å². The molecule has 4 N–H and O–H groups in total. The summed E-state index contributed by atoms with van der Waals surface area (Å²) in [4.78, 5) is 23.0. The maximum atomic E-state index is 11.9. The van der Waals surface area contributed by atoms with E-state index in [-0.39, 0.29) is 11.8 Å². The lowest BCUT2D eigenvalue weighted by Gasteiger charge is -2.12. The number of methoxy groups -OCH3 is 1. The topological polar surface area (TPSA) is 93.5 Å². The molecule has 0 unspecified atom stereocenters. The lowest BCUT2D eigenvalue weighted by atomic mass is 10.2. The first-order chi connectivity index (χ1) is 10.1. The Balaban J connectivity index is 2.66. The zero-order valence-corrected chi connectivity index (χ0v) is 12.6. The second kappa shape index (κ2) is 8.97. The van der Waals surface area contributed by atoms with Crippen molar-refractivity contribution in [3.63, 3.8) is 0 Å². The largest absolute Gasteiger partial charge is 0.495 e. The lowest BCUT2D eigenvalue weighted by molar-refractivity contribution is -0.116. The third-order valence-corrected chi connectivity index (χ3v) is 2.90. The van der Waals surface area contributed by atoms with Crippen molar-refractivity contribution in [2.75, 3.05) is 24.3 Å². The average molecular weight is 293 g/mol. The van der Waals surface area contributed by atoms with Crippen molar-refractivity contribution in [3.8, 4) is 5.75 Å². The number of anilines is 2. The number of carbonyl (C=O) groups is 2. The van der Waals surface area contributed by atoms with Crippen LogP contribution in [-0.4, -0.2) is 25.5 Å². The van der Waals surface area contributed by atoms with Gasteiger partial charge in [0.2, 0.25) is 11.8 Å². The van der Waals surface area contributed by atoms with E-state index in [0.29, 0.717) is 30.1 Å². The number of rotatable bonds is 8. The van der Waals surface area contributed by atoms with E-state index in [1.165, 1.54) is 14.0 Å². The molecule has 1 aromatic rings. The van der Waals surface area contributed by atoms with Crippen molar-refractivity contribution in [2.45, 2.75) is 32.6 Å². The molecule has 2 amide bonds. The summed E-state index contributed by atoms with van der Waals surface area (Å²) in [5.74, 6) is 0.309. The highest BCUT2D eigenvalue weighted by Gasteiger charge is 2.09. The summed E-state index contributed by atoms with van der Waals surface area (Å²) in [7, 11) is 1.53. The van der Waals surface area contributed by atoms with Crippen LogP contribution < -0.4 is 21.1 Å². The van der Waals surface area contributed by atoms with E-state index in [0.717, 1.165) is 19.3 Å². The van der Waals surface area contributed by atoms with Crippen molar-refractivity contribution in [2.24, 2.45) is 5.73 Å². The van der Waals surface area contributed by atoms with Gasteiger partial charge in [-0.1, -0.05) is 6.42 Å². The SMILES string of the molecule is COc1ccc(NC(C)=O)cc1NC(=O)CCCCCN. The fourth-order valence-electron chi connectivity index (χ4n) is 1.91. The number of nitrogens with one attached hydrogen (secondary N) is 2. The molecule has 0 heterocycles. The Labute approximate surface area is 125 Å². The highest BCUT2D eigenvalue weighted by Crippen LogP contribution is 2.28. The third kappa shape index (κ3) is 6.27. The molecular weight excluding hydrogens is 270 g/mol. The first kappa shape index (κ1) is 17.0. The molecule has 21 heavy (non-hydrogen) atoms. The number of hydrogen-bond donors (Lipinski definition) is 3. The minimum atomic E-state index is -0.167. The molecule has 0 aliphatic carbocycles. The average Bonchev–Trinajstić information content (AvgIpc) is 2.43. The van der Waals surface area contributed by atoms with Crippen molar-refractivity contribution < 1.29 is 14.3 Å². The van der Waals surface area contributed by atoms with E-state index in [1.54, 1.807) is 18.2 Å². The molecule has 0 radical (unpaired) electrons. The van der Waals surface area contributed by atoms with Crippen LogP contribution in [0.3, 0.4) is 0 Å². The number of benzene rings is 1. The van der Waals surface area contributed by atoms with Gasteiger partial charge in [-0.2, -0.15) is 0 Å². The summed E-state index contributed by atoms with van der Waals surface area (Å²) < 4.78 is 5.21. The Morgan fingerprint density at radius 2 is 1.95 bits per heavy atom. The Morgan fingerprint density at radius 3 is 2.57 bits per heavy atom. The van der Waals surface area contributed by atoms with Crippen LogP contribution in [0.25, 0.3) is 0 Å². The summed E-state index contributed by atoms with van der Waals surface area (Å²) in [6.45, 7) is 2.08. The van der Waals surface area contributed by atoms with Gasteiger partial charge in [0.15, 0.2) is 0 Å². The van der Waals surface area contributed by atoms with Gasteiger partial charge in [-0.15, -0.1) is 0 Å². The van der Waals surface area contributed by atoms with Crippen molar-refractivity contribution in [3.05, 3.63) is 18.2 Å². The number of unbranched alkanes of at least 4 members (excludes halogenated alkanes) is 2. The summed E-state index contributed by atoms with van der Waals surface area (Å²) in [6, 6.07) is 5.10. The normalized spacial score (nSPS) is 10.0. The fourth-order valence-corrected chi connectivity index (χ4v) is 1.91. The van der Waals surface area contributed by atoms with Crippen LogP contribution in [0.4, 0.5) is 11.4 Å². The highest BCUT2D eigenvalue weighted by molar-refractivity contribution is 5.94. The number of nitrogens with two attached hydrogens (primary N) is 1. The molecule has 6 heteroatoms. The molecule has 0 saturated heterocycles. The van der Waals surface area contributed by atoms with E-state index in [4.69, 9.17) is 10.5 Å². The van der Waals surface area contributed by atoms with E-state index in [2.05, 4.69) is 10.6 Å². The molecule has 0 fully saturated rings. The molecule has 0 spiro atoms. The van der Waals surface area contributed by atoms with Gasteiger partial charge >= 0.3 is 0 Å². The molecule has 116 valence electrons. The smallest absolute Gasteiger partial charge is 0.224 e. The van der Waals surface area contributed by atoms with Gasteiger partial charge in [-0.3, -0.25) is 9.59 Å². The van der Waals surface area contributed by atoms with Crippen LogP contribution in [0.2, 0.25) is 0 Å². The van der Waals surface area contributed by atoms with E-state index >= 15 is 0 Å². The van der Waals surface area contributed by atoms with Gasteiger partial charge in [-0.05, 0) is 37.6 Å². The molecule has 1 rings (SSSR count). The Bertz CT molecular complexity index is 489. The van der Waals surface area contributed by atoms with Crippen molar-refractivity contribution in [1.82, 2.24) is 0 Å². The zero-order valence-electron chi connectivity index (χ0n) is 12.6. The Hall–Kier alpha value is -2.08. The van der Waals surface area contributed by atoms with E-state index < -0.39 is 0 Å². The van der Waals surface area contributed by atoms with Crippen LogP contribution in [0.15, 0.2) is 18.2 Å². The van der Waals surface area contributed by atoms with Crippen molar-refractivity contribution in [1.29, 1.82) is 0 Å². The Kier molecular flexibility index (Phi) is 7.25. The van der Waals surface area contributed by atoms with Crippen LogP contribution in [-0.2, 0) is 9.59 Å². The molecule has 0 saturated carbocycles. The van der Waals surface area contributed by atoms with Gasteiger partial charge in [0.05, 0.1) is 12.8 Å². The molecule has 0 aromatic heterocycles. The summed E-state index contributed by atoms with van der Waals surface area (Å²) >= 11 is 0. The fraction of sp³-hybridized carbons (Fsp3) is 0.467. The quantitative estimate of drug-likeness (QED) is 0.640. The molecule has 6 nitrogen and oxygen atoms in total. The van der Waals surface area contributed by atoms with Gasteiger partial charge in [0.1, 0.15) is 5.75 Å².